The van der Waals surface area contributed by atoms with Crippen LogP contribution in [0.3, 0.4) is 0 Å². The van der Waals surface area contributed by atoms with Gasteiger partial charge in [-0.2, -0.15) is 26.3 Å². The second kappa shape index (κ2) is 4.29. The van der Waals surface area contributed by atoms with Crippen LogP contribution in [-0.4, -0.2) is 5.11 Å². The average molecular weight is 279 g/mol. The van der Waals surface area contributed by atoms with E-state index in [1.807, 2.05) is 0 Å². The minimum Gasteiger partial charge on any atom is -0.507 e. The number of hydrogen-bond acceptors (Lipinski definition) is 1. The van der Waals surface area contributed by atoms with Crippen molar-refractivity contribution in [1.29, 1.82) is 0 Å². The molecule has 1 aromatic rings. The van der Waals surface area contributed by atoms with Gasteiger partial charge >= 0.3 is 12.4 Å². The van der Waals surface area contributed by atoms with Gasteiger partial charge in [0.15, 0.2) is 0 Å². The summed E-state index contributed by atoms with van der Waals surface area (Å²) in [4.78, 5) is 0. The molecule has 0 spiro atoms. The third-order valence-electron chi connectivity index (χ3n) is 1.97. The predicted molar refractivity (Wildman–Crippen MR) is 47.7 cm³/mol. The molecule has 1 aromatic carbocycles. The molecular weight excluding hydrogens is 274 g/mol. The summed E-state index contributed by atoms with van der Waals surface area (Å²) in [5, 5.41) is 9.14. The molecule has 8 heteroatoms. The third kappa shape index (κ3) is 2.96. The summed E-state index contributed by atoms with van der Waals surface area (Å²) in [6.45, 7) is 0. The Morgan fingerprint density at radius 2 is 1.53 bits per heavy atom. The van der Waals surface area contributed by atoms with Crippen molar-refractivity contribution in [2.75, 3.05) is 0 Å². The molecule has 0 radical (unpaired) electrons. The van der Waals surface area contributed by atoms with Crippen LogP contribution in [-0.2, 0) is 18.2 Å². The van der Waals surface area contributed by atoms with Crippen molar-refractivity contribution < 1.29 is 31.4 Å². The second-order valence-electron chi connectivity index (χ2n) is 3.16. The fourth-order valence-electron chi connectivity index (χ4n) is 1.18. The molecule has 96 valence electrons. The molecule has 0 saturated heterocycles. The summed E-state index contributed by atoms with van der Waals surface area (Å²) in [6, 6.07) is 0.239. The first kappa shape index (κ1) is 14.0. The molecule has 0 bridgehead atoms. The number of phenolic OH excluding ortho intramolecular Hbond substituents is 1. The molecular formula is C9H5ClF6O. The standard InChI is InChI=1S/C9H5ClF6O/c10-3-4-1-5(8(11,12)13)2-6(7(4)17)9(14,15)16/h1-2,17H,3H2. The Labute approximate surface area is 96.6 Å². The number of alkyl halides is 7. The topological polar surface area (TPSA) is 20.2 Å². The molecule has 0 fully saturated rings. The lowest BCUT2D eigenvalue weighted by atomic mass is 10.0. The highest BCUT2D eigenvalue weighted by Crippen LogP contribution is 2.42. The van der Waals surface area contributed by atoms with Crippen molar-refractivity contribution in [3.05, 3.63) is 28.8 Å². The molecule has 0 aliphatic heterocycles. The van der Waals surface area contributed by atoms with Gasteiger partial charge in [0.2, 0.25) is 0 Å². The molecule has 1 rings (SSSR count). The molecule has 0 atom stereocenters. The predicted octanol–water partition coefficient (Wildman–Crippen LogP) is 4.17. The van der Waals surface area contributed by atoms with Crippen molar-refractivity contribution in [2.45, 2.75) is 18.2 Å². The van der Waals surface area contributed by atoms with Gasteiger partial charge in [-0.3, -0.25) is 0 Å². The monoisotopic (exact) mass is 278 g/mol. The smallest absolute Gasteiger partial charge is 0.419 e. The van der Waals surface area contributed by atoms with Gasteiger partial charge in [-0.1, -0.05) is 0 Å². The van der Waals surface area contributed by atoms with E-state index in [-0.39, 0.29) is 6.07 Å². The first-order chi connectivity index (χ1) is 7.57. The van der Waals surface area contributed by atoms with E-state index < -0.39 is 40.7 Å². The van der Waals surface area contributed by atoms with Crippen LogP contribution in [0.15, 0.2) is 12.1 Å². The molecule has 1 nitrogen and oxygen atoms in total. The number of phenols is 1. The summed E-state index contributed by atoms with van der Waals surface area (Å²) >= 11 is 5.18. The molecule has 0 amide bonds. The van der Waals surface area contributed by atoms with E-state index in [1.165, 1.54) is 0 Å². The number of halogens is 7. The van der Waals surface area contributed by atoms with Gasteiger partial charge in [0.1, 0.15) is 5.75 Å². The van der Waals surface area contributed by atoms with Crippen LogP contribution in [0.5, 0.6) is 5.75 Å². The van der Waals surface area contributed by atoms with Crippen molar-refractivity contribution in [2.24, 2.45) is 0 Å². The van der Waals surface area contributed by atoms with Crippen molar-refractivity contribution in [3.63, 3.8) is 0 Å². The van der Waals surface area contributed by atoms with Gasteiger partial charge in [0.05, 0.1) is 17.0 Å². The lowest BCUT2D eigenvalue weighted by molar-refractivity contribution is -0.143. The van der Waals surface area contributed by atoms with Gasteiger partial charge in [-0.25, -0.2) is 0 Å². The van der Waals surface area contributed by atoms with Crippen LogP contribution in [0.25, 0.3) is 0 Å². The van der Waals surface area contributed by atoms with Crippen LogP contribution in [0, 0.1) is 0 Å². The van der Waals surface area contributed by atoms with E-state index in [0.717, 1.165) is 0 Å². The van der Waals surface area contributed by atoms with Crippen LogP contribution in [0.1, 0.15) is 16.7 Å². The lowest BCUT2D eigenvalue weighted by Crippen LogP contribution is -2.12. The number of hydrogen-bond donors (Lipinski definition) is 1. The number of rotatable bonds is 1. The quantitative estimate of drug-likeness (QED) is 0.604. The maximum Gasteiger partial charge on any atom is 0.419 e. The van der Waals surface area contributed by atoms with Crippen LogP contribution >= 0.6 is 11.6 Å². The van der Waals surface area contributed by atoms with Crippen LogP contribution < -0.4 is 0 Å². The zero-order chi connectivity index (χ0) is 13.4. The van der Waals surface area contributed by atoms with Gasteiger partial charge in [0.25, 0.3) is 0 Å². The van der Waals surface area contributed by atoms with Gasteiger partial charge in [0, 0.05) is 5.56 Å². The van der Waals surface area contributed by atoms with Gasteiger partial charge < -0.3 is 5.11 Å². The van der Waals surface area contributed by atoms with E-state index in [2.05, 4.69) is 0 Å². The molecule has 0 aliphatic carbocycles. The van der Waals surface area contributed by atoms with E-state index in [0.29, 0.717) is 6.07 Å². The van der Waals surface area contributed by atoms with Crippen molar-refractivity contribution >= 4 is 11.6 Å². The van der Waals surface area contributed by atoms with Gasteiger partial charge in [-0.05, 0) is 12.1 Å². The molecule has 0 aromatic heterocycles. The van der Waals surface area contributed by atoms with E-state index in [1.54, 1.807) is 0 Å². The first-order valence-corrected chi connectivity index (χ1v) is 4.67. The molecule has 17 heavy (non-hydrogen) atoms. The molecule has 0 heterocycles. The Hall–Kier alpha value is -1.11. The Kier molecular flexibility index (Phi) is 3.52. The fraction of sp³-hybridized carbons (Fsp3) is 0.333. The van der Waals surface area contributed by atoms with E-state index in [9.17, 15) is 26.3 Å². The Morgan fingerprint density at radius 3 is 1.88 bits per heavy atom. The maximum atomic E-state index is 12.4. The molecule has 0 aliphatic rings. The Balaban J connectivity index is 3.50. The number of benzene rings is 1. The SMILES string of the molecule is Oc1c(CCl)cc(C(F)(F)F)cc1C(F)(F)F. The fourth-order valence-corrected chi connectivity index (χ4v) is 1.38. The largest absolute Gasteiger partial charge is 0.507 e. The second-order valence-corrected chi connectivity index (χ2v) is 3.43. The minimum atomic E-state index is -5.08. The van der Waals surface area contributed by atoms with Crippen molar-refractivity contribution in [1.82, 2.24) is 0 Å². The summed E-state index contributed by atoms with van der Waals surface area (Å²) in [5.41, 5.74) is -3.87. The zero-order valence-corrected chi connectivity index (χ0v) is 8.71. The number of aromatic hydroxyl groups is 1. The zero-order valence-electron chi connectivity index (χ0n) is 7.95. The Bertz CT molecular complexity index is 423. The summed E-state index contributed by atoms with van der Waals surface area (Å²) in [5.74, 6) is -1.93. The van der Waals surface area contributed by atoms with Crippen LogP contribution in [0.2, 0.25) is 0 Å². The van der Waals surface area contributed by atoms with E-state index >= 15 is 0 Å². The summed E-state index contributed by atoms with van der Waals surface area (Å²) < 4.78 is 74.0. The molecule has 0 saturated carbocycles. The minimum absolute atomic E-state index is 0.147. The van der Waals surface area contributed by atoms with Gasteiger partial charge in [-0.15, -0.1) is 11.6 Å². The summed E-state index contributed by atoms with van der Waals surface area (Å²) in [7, 11) is 0. The van der Waals surface area contributed by atoms with Crippen LogP contribution in [0.4, 0.5) is 26.3 Å². The maximum absolute atomic E-state index is 12.4. The average Bonchev–Trinajstić information content (AvgIpc) is 2.14. The summed E-state index contributed by atoms with van der Waals surface area (Å²) in [6.07, 6.45) is -10.0. The molecule has 0 unspecified atom stereocenters. The Morgan fingerprint density at radius 1 is 1.00 bits per heavy atom. The highest BCUT2D eigenvalue weighted by atomic mass is 35.5. The highest BCUT2D eigenvalue weighted by molar-refractivity contribution is 6.17. The van der Waals surface area contributed by atoms with Crippen molar-refractivity contribution in [3.8, 4) is 5.75 Å². The van der Waals surface area contributed by atoms with E-state index in [4.69, 9.17) is 16.7 Å². The normalized spacial score (nSPS) is 12.9. The molecule has 1 N–H and O–H groups in total. The first-order valence-electron chi connectivity index (χ1n) is 4.13. The lowest BCUT2D eigenvalue weighted by Gasteiger charge is -2.15. The third-order valence-corrected chi connectivity index (χ3v) is 2.25. The highest BCUT2D eigenvalue weighted by Gasteiger charge is 2.39.